The van der Waals surface area contributed by atoms with E-state index < -0.39 is 31.1 Å². The van der Waals surface area contributed by atoms with Crippen molar-refractivity contribution in [1.29, 1.82) is 0 Å². The molecule has 0 radical (unpaired) electrons. The Bertz CT molecular complexity index is 391. The molecule has 0 heterocycles. The van der Waals surface area contributed by atoms with Crippen molar-refractivity contribution in [2.24, 2.45) is 0 Å². The summed E-state index contributed by atoms with van der Waals surface area (Å²) in [5.74, 6) is -1.83. The van der Waals surface area contributed by atoms with Gasteiger partial charge in [0, 0.05) is 12.1 Å². The molecule has 0 atom stereocenters. The maximum Gasteiger partial charge on any atom is 0.329 e. The van der Waals surface area contributed by atoms with Crippen molar-refractivity contribution >= 4 is 17.9 Å². The number of carboxylic acid groups (broad SMARTS) is 1. The molecule has 1 rings (SSSR count). The Labute approximate surface area is 123 Å². The van der Waals surface area contributed by atoms with Crippen molar-refractivity contribution in [2.45, 2.75) is 31.2 Å². The summed E-state index contributed by atoms with van der Waals surface area (Å²) >= 11 is 0. The van der Waals surface area contributed by atoms with Gasteiger partial charge in [-0.3, -0.25) is 10.1 Å². The zero-order valence-electron chi connectivity index (χ0n) is 12.5. The van der Waals surface area contributed by atoms with E-state index in [1.165, 1.54) is 0 Å². The van der Waals surface area contributed by atoms with E-state index in [1.54, 1.807) is 0 Å². The minimum atomic E-state index is -1.17. The van der Waals surface area contributed by atoms with E-state index in [-0.39, 0.29) is 5.54 Å². The lowest BCUT2D eigenvalue weighted by Gasteiger charge is -2.36. The molecular formula is C13H23N3O5. The molecule has 1 aliphatic carbocycles. The van der Waals surface area contributed by atoms with Crippen molar-refractivity contribution in [3.8, 4) is 0 Å². The van der Waals surface area contributed by atoms with Crippen LogP contribution in [-0.2, 0) is 14.3 Å². The smallest absolute Gasteiger partial charge is 0.329 e. The maximum absolute atomic E-state index is 11.6. The minimum absolute atomic E-state index is 0.0554. The summed E-state index contributed by atoms with van der Waals surface area (Å²) in [5.41, 5.74) is -0.0554. The topological polar surface area (TPSA) is 108 Å². The second-order valence-corrected chi connectivity index (χ2v) is 5.44. The van der Waals surface area contributed by atoms with Crippen LogP contribution in [0.2, 0.25) is 0 Å². The molecule has 1 aliphatic rings. The lowest BCUT2D eigenvalue weighted by molar-refractivity contribution is -0.143. The highest BCUT2D eigenvalue weighted by atomic mass is 16.5. The van der Waals surface area contributed by atoms with Gasteiger partial charge in [0.1, 0.15) is 13.2 Å². The Morgan fingerprint density at radius 1 is 1.19 bits per heavy atom. The summed E-state index contributed by atoms with van der Waals surface area (Å²) in [7, 11) is 3.96. The van der Waals surface area contributed by atoms with Crippen LogP contribution in [0.15, 0.2) is 0 Å². The number of nitrogens with one attached hydrogen (secondary N) is 2. The summed E-state index contributed by atoms with van der Waals surface area (Å²) in [5, 5.41) is 13.2. The second-order valence-electron chi connectivity index (χ2n) is 5.44. The zero-order chi connectivity index (χ0) is 15.9. The van der Waals surface area contributed by atoms with Gasteiger partial charge in [-0.15, -0.1) is 0 Å². The van der Waals surface area contributed by atoms with Gasteiger partial charge in [0.15, 0.2) is 0 Å². The summed E-state index contributed by atoms with van der Waals surface area (Å²) < 4.78 is 4.59. The fraction of sp³-hybridized carbons (Fsp3) is 0.769. The van der Waals surface area contributed by atoms with E-state index in [9.17, 15) is 14.4 Å². The number of amides is 3. The number of hydrogen-bond donors (Lipinski definition) is 3. The predicted octanol–water partition coefficient (Wildman–Crippen LogP) is -0.212. The third-order valence-electron chi connectivity index (χ3n) is 3.77. The van der Waals surface area contributed by atoms with Crippen molar-refractivity contribution in [2.75, 3.05) is 33.9 Å². The number of aliphatic carboxylic acids is 1. The number of ether oxygens (including phenoxy) is 1. The van der Waals surface area contributed by atoms with Crippen LogP contribution < -0.4 is 10.6 Å². The fourth-order valence-electron chi connectivity index (χ4n) is 2.50. The normalized spacial score (nSPS) is 16.7. The molecule has 0 spiro atoms. The van der Waals surface area contributed by atoms with Crippen LogP contribution >= 0.6 is 0 Å². The van der Waals surface area contributed by atoms with Gasteiger partial charge in [-0.1, -0.05) is 12.8 Å². The molecule has 0 bridgehead atoms. The lowest BCUT2D eigenvalue weighted by Crippen LogP contribution is -2.53. The summed E-state index contributed by atoms with van der Waals surface area (Å²) in [6.45, 7) is -0.563. The Morgan fingerprint density at radius 3 is 2.33 bits per heavy atom. The quantitative estimate of drug-likeness (QED) is 0.600. The SMILES string of the molecule is CN(C)C1(CNC(=O)NC(=O)COCC(=O)O)CCCC1. The monoisotopic (exact) mass is 301 g/mol. The number of carboxylic acids is 1. The lowest BCUT2D eigenvalue weighted by atomic mass is 9.96. The van der Waals surface area contributed by atoms with Gasteiger partial charge in [0.05, 0.1) is 0 Å². The van der Waals surface area contributed by atoms with Crippen molar-refractivity contribution in [3.63, 3.8) is 0 Å². The molecule has 0 saturated heterocycles. The van der Waals surface area contributed by atoms with Gasteiger partial charge < -0.3 is 20.1 Å². The summed E-state index contributed by atoms with van der Waals surface area (Å²) in [6, 6.07) is -0.591. The number of urea groups is 1. The zero-order valence-corrected chi connectivity index (χ0v) is 12.5. The number of carbonyl (C=O) groups excluding carboxylic acids is 2. The van der Waals surface area contributed by atoms with Crippen LogP contribution in [-0.4, -0.2) is 67.3 Å². The number of nitrogens with zero attached hydrogens (tertiary/aromatic N) is 1. The van der Waals surface area contributed by atoms with Crippen LogP contribution in [0.5, 0.6) is 0 Å². The average Bonchev–Trinajstić information content (AvgIpc) is 2.86. The maximum atomic E-state index is 11.6. The number of likely N-dealkylation sites (N-methyl/N-ethyl adjacent to an activating group) is 1. The molecule has 0 aromatic heterocycles. The number of hydrogen-bond acceptors (Lipinski definition) is 5. The van der Waals surface area contributed by atoms with Crippen LogP contribution in [0.25, 0.3) is 0 Å². The predicted molar refractivity (Wildman–Crippen MR) is 74.9 cm³/mol. The molecule has 1 saturated carbocycles. The number of rotatable bonds is 7. The highest BCUT2D eigenvalue weighted by Crippen LogP contribution is 2.32. The molecule has 0 aliphatic heterocycles. The van der Waals surface area contributed by atoms with Gasteiger partial charge in [0.2, 0.25) is 0 Å². The highest BCUT2D eigenvalue weighted by molar-refractivity contribution is 5.94. The summed E-state index contributed by atoms with van der Waals surface area (Å²) in [6.07, 6.45) is 4.28. The first kappa shape index (κ1) is 17.4. The van der Waals surface area contributed by atoms with Crippen LogP contribution in [0.3, 0.4) is 0 Å². The number of imide groups is 1. The second kappa shape index (κ2) is 7.94. The standard InChI is InChI=1S/C13H23N3O5/c1-16(2)13(5-3-4-6-13)9-14-12(20)15-10(17)7-21-8-11(18)19/h3-9H2,1-2H3,(H,18,19)(H2,14,15,17,20). The molecule has 21 heavy (non-hydrogen) atoms. The van der Waals surface area contributed by atoms with Gasteiger partial charge in [-0.2, -0.15) is 0 Å². The van der Waals surface area contributed by atoms with Crippen molar-refractivity contribution in [1.82, 2.24) is 15.5 Å². The molecule has 8 heteroatoms. The molecule has 3 amide bonds. The van der Waals surface area contributed by atoms with Gasteiger partial charge in [-0.25, -0.2) is 9.59 Å². The van der Waals surface area contributed by atoms with E-state index in [0.717, 1.165) is 25.7 Å². The first-order chi connectivity index (χ1) is 9.85. The number of carbonyl (C=O) groups is 3. The molecule has 0 aromatic rings. The van der Waals surface area contributed by atoms with Crippen LogP contribution in [0, 0.1) is 0 Å². The Morgan fingerprint density at radius 2 is 1.81 bits per heavy atom. The summed E-state index contributed by atoms with van der Waals surface area (Å²) in [4.78, 5) is 35.3. The van der Waals surface area contributed by atoms with E-state index in [0.29, 0.717) is 6.54 Å². The van der Waals surface area contributed by atoms with Gasteiger partial charge in [-0.05, 0) is 26.9 Å². The molecule has 3 N–H and O–H groups in total. The Hall–Kier alpha value is -1.67. The molecular weight excluding hydrogens is 278 g/mol. The average molecular weight is 301 g/mol. The Balaban J connectivity index is 2.30. The van der Waals surface area contributed by atoms with Gasteiger partial charge in [0.25, 0.3) is 5.91 Å². The molecule has 0 unspecified atom stereocenters. The molecule has 0 aromatic carbocycles. The molecule has 120 valence electrons. The van der Waals surface area contributed by atoms with E-state index in [1.807, 2.05) is 14.1 Å². The molecule has 1 fully saturated rings. The van der Waals surface area contributed by atoms with E-state index >= 15 is 0 Å². The van der Waals surface area contributed by atoms with E-state index in [2.05, 4.69) is 20.3 Å². The first-order valence-electron chi connectivity index (χ1n) is 6.90. The third kappa shape index (κ3) is 5.68. The fourth-order valence-corrected chi connectivity index (χ4v) is 2.50. The van der Waals surface area contributed by atoms with Crippen molar-refractivity contribution in [3.05, 3.63) is 0 Å². The Kier molecular flexibility index (Phi) is 6.57. The van der Waals surface area contributed by atoms with E-state index in [4.69, 9.17) is 5.11 Å². The molecule has 8 nitrogen and oxygen atoms in total. The minimum Gasteiger partial charge on any atom is -0.480 e. The largest absolute Gasteiger partial charge is 0.480 e. The third-order valence-corrected chi connectivity index (χ3v) is 3.77. The van der Waals surface area contributed by atoms with Crippen molar-refractivity contribution < 1.29 is 24.2 Å². The van der Waals surface area contributed by atoms with Crippen LogP contribution in [0.4, 0.5) is 4.79 Å². The van der Waals surface area contributed by atoms with Crippen LogP contribution in [0.1, 0.15) is 25.7 Å². The first-order valence-corrected chi connectivity index (χ1v) is 6.90. The van der Waals surface area contributed by atoms with Gasteiger partial charge >= 0.3 is 12.0 Å². The highest BCUT2D eigenvalue weighted by Gasteiger charge is 2.36.